The first-order valence-electron chi connectivity index (χ1n) is 6.27. The number of nitrogens with one attached hydrogen (secondary N) is 2. The highest BCUT2D eigenvalue weighted by molar-refractivity contribution is 7.99. The highest BCUT2D eigenvalue weighted by atomic mass is 32.2. The van der Waals surface area contributed by atoms with Crippen molar-refractivity contribution in [2.24, 2.45) is 5.92 Å². The third-order valence-electron chi connectivity index (χ3n) is 3.45. The van der Waals surface area contributed by atoms with Crippen LogP contribution in [0.15, 0.2) is 30.5 Å². The SMILES string of the molecule is c1cc(CNCC2CCSC2)c2[nH]ccc2c1. The van der Waals surface area contributed by atoms with Crippen molar-refractivity contribution in [2.75, 3.05) is 18.1 Å². The van der Waals surface area contributed by atoms with Crippen LogP contribution < -0.4 is 5.32 Å². The molecule has 90 valence electrons. The molecule has 2 N–H and O–H groups in total. The van der Waals surface area contributed by atoms with Gasteiger partial charge in [-0.05, 0) is 47.4 Å². The summed E-state index contributed by atoms with van der Waals surface area (Å²) in [6, 6.07) is 8.63. The van der Waals surface area contributed by atoms with Gasteiger partial charge in [0.25, 0.3) is 0 Å². The molecule has 1 unspecified atom stereocenters. The van der Waals surface area contributed by atoms with Crippen LogP contribution in [-0.4, -0.2) is 23.0 Å². The zero-order valence-corrected chi connectivity index (χ0v) is 10.7. The second-order valence-electron chi connectivity index (χ2n) is 4.72. The second kappa shape index (κ2) is 5.15. The number of aromatic amines is 1. The van der Waals surface area contributed by atoms with E-state index in [0.29, 0.717) is 0 Å². The molecular weight excluding hydrogens is 228 g/mol. The van der Waals surface area contributed by atoms with Gasteiger partial charge in [-0.25, -0.2) is 0 Å². The van der Waals surface area contributed by atoms with E-state index < -0.39 is 0 Å². The maximum Gasteiger partial charge on any atom is 0.0499 e. The fraction of sp³-hybridized carbons (Fsp3) is 0.429. The van der Waals surface area contributed by atoms with Crippen LogP contribution in [0.1, 0.15) is 12.0 Å². The van der Waals surface area contributed by atoms with Crippen molar-refractivity contribution in [3.63, 3.8) is 0 Å². The first-order valence-corrected chi connectivity index (χ1v) is 7.42. The summed E-state index contributed by atoms with van der Waals surface area (Å²) in [5, 5.41) is 4.90. The van der Waals surface area contributed by atoms with E-state index in [1.165, 1.54) is 34.4 Å². The van der Waals surface area contributed by atoms with Crippen molar-refractivity contribution >= 4 is 22.7 Å². The molecule has 0 saturated carbocycles. The number of aromatic nitrogens is 1. The Morgan fingerprint density at radius 3 is 3.24 bits per heavy atom. The number of para-hydroxylation sites is 1. The Hall–Kier alpha value is -0.930. The van der Waals surface area contributed by atoms with Gasteiger partial charge in [-0.15, -0.1) is 0 Å². The summed E-state index contributed by atoms with van der Waals surface area (Å²) in [5.74, 6) is 3.56. The maximum absolute atomic E-state index is 3.59. The Balaban J connectivity index is 1.62. The van der Waals surface area contributed by atoms with Crippen molar-refractivity contribution in [3.05, 3.63) is 36.0 Å². The Morgan fingerprint density at radius 1 is 1.35 bits per heavy atom. The average Bonchev–Trinajstić information content (AvgIpc) is 2.99. The molecule has 2 aromatic rings. The predicted octanol–water partition coefficient (Wildman–Crippen LogP) is 3.01. The lowest BCUT2D eigenvalue weighted by atomic mass is 10.1. The van der Waals surface area contributed by atoms with E-state index in [2.05, 4.69) is 46.3 Å². The van der Waals surface area contributed by atoms with Crippen LogP contribution in [0.25, 0.3) is 10.9 Å². The van der Waals surface area contributed by atoms with E-state index in [0.717, 1.165) is 19.0 Å². The van der Waals surface area contributed by atoms with Crippen LogP contribution in [0.2, 0.25) is 0 Å². The molecule has 1 aromatic heterocycles. The third-order valence-corrected chi connectivity index (χ3v) is 4.68. The molecule has 2 nitrogen and oxygen atoms in total. The van der Waals surface area contributed by atoms with Gasteiger partial charge in [0.1, 0.15) is 0 Å². The monoisotopic (exact) mass is 246 g/mol. The van der Waals surface area contributed by atoms with E-state index in [-0.39, 0.29) is 0 Å². The molecule has 0 spiro atoms. The van der Waals surface area contributed by atoms with Crippen molar-refractivity contribution in [1.29, 1.82) is 0 Å². The van der Waals surface area contributed by atoms with Gasteiger partial charge in [0.05, 0.1) is 0 Å². The minimum absolute atomic E-state index is 0.878. The smallest absolute Gasteiger partial charge is 0.0499 e. The molecule has 1 fully saturated rings. The number of fused-ring (bicyclic) bond motifs is 1. The summed E-state index contributed by atoms with van der Waals surface area (Å²) in [4.78, 5) is 3.32. The van der Waals surface area contributed by atoms with E-state index in [1.807, 2.05) is 6.20 Å². The van der Waals surface area contributed by atoms with Crippen LogP contribution in [-0.2, 0) is 6.54 Å². The van der Waals surface area contributed by atoms with Gasteiger partial charge in [0.2, 0.25) is 0 Å². The number of H-pyrrole nitrogens is 1. The number of thioether (sulfide) groups is 1. The number of rotatable bonds is 4. The Morgan fingerprint density at radius 2 is 2.35 bits per heavy atom. The Bertz CT molecular complexity index is 486. The van der Waals surface area contributed by atoms with E-state index in [4.69, 9.17) is 0 Å². The number of benzene rings is 1. The Kier molecular flexibility index (Phi) is 3.39. The first kappa shape index (κ1) is 11.2. The zero-order valence-electron chi connectivity index (χ0n) is 9.91. The van der Waals surface area contributed by atoms with Crippen molar-refractivity contribution in [3.8, 4) is 0 Å². The van der Waals surface area contributed by atoms with Gasteiger partial charge in [-0.1, -0.05) is 18.2 Å². The standard InChI is InChI=1S/C14H18N2S/c1-2-12-4-6-16-14(12)13(3-1)9-15-8-11-5-7-17-10-11/h1-4,6,11,15-16H,5,7-10H2. The molecule has 3 heteroatoms. The fourth-order valence-corrected chi connectivity index (χ4v) is 3.74. The topological polar surface area (TPSA) is 27.8 Å². The lowest BCUT2D eigenvalue weighted by Crippen LogP contribution is -2.22. The average molecular weight is 246 g/mol. The van der Waals surface area contributed by atoms with Gasteiger partial charge in [-0.2, -0.15) is 11.8 Å². The molecule has 0 aliphatic carbocycles. The predicted molar refractivity (Wildman–Crippen MR) is 75.4 cm³/mol. The molecule has 0 bridgehead atoms. The van der Waals surface area contributed by atoms with Gasteiger partial charge < -0.3 is 10.3 Å². The molecule has 1 saturated heterocycles. The van der Waals surface area contributed by atoms with Crippen LogP contribution >= 0.6 is 11.8 Å². The van der Waals surface area contributed by atoms with Crippen LogP contribution in [0.5, 0.6) is 0 Å². The summed E-state index contributed by atoms with van der Waals surface area (Å²) in [5.41, 5.74) is 2.65. The minimum atomic E-state index is 0.878. The van der Waals surface area contributed by atoms with E-state index in [1.54, 1.807) is 0 Å². The molecule has 17 heavy (non-hydrogen) atoms. The lowest BCUT2D eigenvalue weighted by molar-refractivity contribution is 0.524. The van der Waals surface area contributed by atoms with Gasteiger partial charge in [0.15, 0.2) is 0 Å². The molecule has 0 amide bonds. The van der Waals surface area contributed by atoms with Crippen LogP contribution in [0.4, 0.5) is 0 Å². The second-order valence-corrected chi connectivity index (χ2v) is 5.87. The van der Waals surface area contributed by atoms with E-state index in [9.17, 15) is 0 Å². The van der Waals surface area contributed by atoms with Gasteiger partial charge in [0, 0.05) is 18.3 Å². The van der Waals surface area contributed by atoms with Crippen molar-refractivity contribution in [1.82, 2.24) is 10.3 Å². The molecule has 1 aliphatic rings. The van der Waals surface area contributed by atoms with Crippen molar-refractivity contribution in [2.45, 2.75) is 13.0 Å². The number of hydrogen-bond donors (Lipinski definition) is 2. The highest BCUT2D eigenvalue weighted by Gasteiger charge is 2.14. The first-order chi connectivity index (χ1) is 8.43. The fourth-order valence-electron chi connectivity index (χ4n) is 2.45. The minimum Gasteiger partial charge on any atom is -0.361 e. The normalized spacial score (nSPS) is 20.1. The summed E-state index contributed by atoms with van der Waals surface area (Å²) >= 11 is 2.09. The summed E-state index contributed by atoms with van der Waals surface area (Å²) in [6.45, 7) is 2.13. The number of hydrogen-bond acceptors (Lipinski definition) is 2. The van der Waals surface area contributed by atoms with Crippen molar-refractivity contribution < 1.29 is 0 Å². The molecule has 3 rings (SSSR count). The highest BCUT2D eigenvalue weighted by Crippen LogP contribution is 2.23. The summed E-state index contributed by atoms with van der Waals surface area (Å²) in [6.07, 6.45) is 3.39. The largest absolute Gasteiger partial charge is 0.361 e. The third kappa shape index (κ3) is 2.50. The molecule has 1 aliphatic heterocycles. The zero-order chi connectivity index (χ0) is 11.5. The molecule has 0 radical (unpaired) electrons. The summed E-state index contributed by atoms with van der Waals surface area (Å²) < 4.78 is 0. The van der Waals surface area contributed by atoms with Gasteiger partial charge in [-0.3, -0.25) is 0 Å². The van der Waals surface area contributed by atoms with Crippen LogP contribution in [0, 0.1) is 5.92 Å². The van der Waals surface area contributed by atoms with Gasteiger partial charge >= 0.3 is 0 Å². The molecular formula is C14H18N2S. The molecule has 1 atom stereocenters. The van der Waals surface area contributed by atoms with E-state index >= 15 is 0 Å². The van der Waals surface area contributed by atoms with Crippen LogP contribution in [0.3, 0.4) is 0 Å². The molecule has 1 aromatic carbocycles. The lowest BCUT2D eigenvalue weighted by Gasteiger charge is -2.10. The Labute approximate surface area is 106 Å². The quantitative estimate of drug-likeness (QED) is 0.868. The molecule has 2 heterocycles. The maximum atomic E-state index is 3.59. The summed E-state index contributed by atoms with van der Waals surface area (Å²) in [7, 11) is 0.